The summed E-state index contributed by atoms with van der Waals surface area (Å²) in [6.45, 7) is 7.55. The minimum Gasteiger partial charge on any atom is -0.352 e. The highest BCUT2D eigenvalue weighted by Crippen LogP contribution is 2.01. The van der Waals surface area contributed by atoms with E-state index in [1.807, 2.05) is 27.7 Å². The number of amides is 2. The summed E-state index contributed by atoms with van der Waals surface area (Å²) in [5.41, 5.74) is 0. The minimum atomic E-state index is -0.431. The molecule has 76 valence electrons. The molecule has 4 nitrogen and oxygen atoms in total. The van der Waals surface area contributed by atoms with Gasteiger partial charge in [-0.1, -0.05) is 13.8 Å². The average Bonchev–Trinajstić information content (AvgIpc) is 1.97. The number of hydrogen-bond acceptors (Lipinski definition) is 2. The molecule has 0 aromatic carbocycles. The predicted octanol–water partition coefficient (Wildman–Crippen LogP) is 0.282. The molecule has 2 amide bonds. The van der Waals surface area contributed by atoms with Crippen LogP contribution < -0.4 is 10.6 Å². The monoisotopic (exact) mass is 186 g/mol. The van der Waals surface area contributed by atoms with Crippen molar-refractivity contribution in [1.29, 1.82) is 0 Å². The zero-order valence-electron chi connectivity index (χ0n) is 8.63. The first-order valence-corrected chi connectivity index (χ1v) is 4.49. The predicted molar refractivity (Wildman–Crippen MR) is 51.1 cm³/mol. The lowest BCUT2D eigenvalue weighted by molar-refractivity contribution is -0.126. The van der Waals surface area contributed by atoms with Gasteiger partial charge in [-0.05, 0) is 19.8 Å². The van der Waals surface area contributed by atoms with Gasteiger partial charge < -0.3 is 10.6 Å². The fourth-order valence-electron chi connectivity index (χ4n) is 1.02. The zero-order chi connectivity index (χ0) is 10.4. The van der Waals surface area contributed by atoms with Crippen LogP contribution in [0.2, 0.25) is 0 Å². The van der Waals surface area contributed by atoms with Crippen molar-refractivity contribution in [3.8, 4) is 0 Å². The maximum Gasteiger partial charge on any atom is 0.243 e. The van der Waals surface area contributed by atoms with Gasteiger partial charge in [0.2, 0.25) is 12.3 Å². The molecule has 2 N–H and O–H groups in total. The quantitative estimate of drug-likeness (QED) is 0.606. The average molecular weight is 186 g/mol. The van der Waals surface area contributed by atoms with Gasteiger partial charge in [0, 0.05) is 6.04 Å². The second kappa shape index (κ2) is 5.56. The molecule has 0 aliphatic carbocycles. The van der Waals surface area contributed by atoms with Crippen LogP contribution in [0.5, 0.6) is 0 Å². The lowest BCUT2D eigenvalue weighted by atomic mass is 10.0. The van der Waals surface area contributed by atoms with Crippen LogP contribution in [0, 0.1) is 5.92 Å². The van der Waals surface area contributed by atoms with Gasteiger partial charge in [0.25, 0.3) is 0 Å². The van der Waals surface area contributed by atoms with Crippen LogP contribution >= 0.6 is 0 Å². The van der Waals surface area contributed by atoms with Crippen molar-refractivity contribution in [3.63, 3.8) is 0 Å². The summed E-state index contributed by atoms with van der Waals surface area (Å²) in [4.78, 5) is 21.7. The van der Waals surface area contributed by atoms with Crippen LogP contribution in [-0.4, -0.2) is 24.4 Å². The van der Waals surface area contributed by atoms with E-state index < -0.39 is 6.04 Å². The molecule has 0 bridgehead atoms. The van der Waals surface area contributed by atoms with Crippen LogP contribution in [-0.2, 0) is 9.59 Å². The highest BCUT2D eigenvalue weighted by atomic mass is 16.2. The second-order valence-electron chi connectivity index (χ2n) is 3.67. The summed E-state index contributed by atoms with van der Waals surface area (Å²) < 4.78 is 0. The first-order chi connectivity index (χ1) is 5.99. The van der Waals surface area contributed by atoms with Crippen LogP contribution in [0.3, 0.4) is 0 Å². The molecular weight excluding hydrogens is 168 g/mol. The Kier molecular flexibility index (Phi) is 5.11. The van der Waals surface area contributed by atoms with E-state index in [1.54, 1.807) is 0 Å². The Balaban J connectivity index is 4.19. The van der Waals surface area contributed by atoms with Gasteiger partial charge in [0.15, 0.2) is 0 Å². The van der Waals surface area contributed by atoms with Crippen molar-refractivity contribution in [2.24, 2.45) is 5.92 Å². The highest BCUT2D eigenvalue weighted by molar-refractivity contribution is 5.84. The van der Waals surface area contributed by atoms with Crippen molar-refractivity contribution >= 4 is 12.3 Å². The number of hydrogen-bond donors (Lipinski definition) is 2. The number of carbonyl (C=O) groups is 2. The highest BCUT2D eigenvalue weighted by Gasteiger charge is 2.21. The lowest BCUT2D eigenvalue weighted by Gasteiger charge is -2.20. The van der Waals surface area contributed by atoms with E-state index in [1.165, 1.54) is 0 Å². The molecule has 0 aromatic heterocycles. The fraction of sp³-hybridized carbons (Fsp3) is 0.778. The normalized spacial score (nSPS) is 12.8. The molecule has 0 radical (unpaired) electrons. The first-order valence-electron chi connectivity index (χ1n) is 4.49. The molecular formula is C9H18N2O2. The van der Waals surface area contributed by atoms with Gasteiger partial charge >= 0.3 is 0 Å². The molecule has 0 fully saturated rings. The molecule has 0 spiro atoms. The second-order valence-corrected chi connectivity index (χ2v) is 3.67. The molecule has 0 aliphatic heterocycles. The van der Waals surface area contributed by atoms with Gasteiger partial charge in [-0.3, -0.25) is 9.59 Å². The van der Waals surface area contributed by atoms with Crippen molar-refractivity contribution < 1.29 is 9.59 Å². The molecule has 0 unspecified atom stereocenters. The summed E-state index contributed by atoms with van der Waals surface area (Å²) in [5, 5.41) is 5.24. The topological polar surface area (TPSA) is 58.2 Å². The maximum absolute atomic E-state index is 11.5. The van der Waals surface area contributed by atoms with Crippen molar-refractivity contribution in [3.05, 3.63) is 0 Å². The summed E-state index contributed by atoms with van der Waals surface area (Å²) in [5.74, 6) is -0.0268. The Morgan fingerprint density at radius 3 is 2.08 bits per heavy atom. The number of carbonyl (C=O) groups excluding carboxylic acids is 2. The Hall–Kier alpha value is -1.06. The maximum atomic E-state index is 11.5. The third-order valence-electron chi connectivity index (χ3n) is 1.63. The third-order valence-corrected chi connectivity index (χ3v) is 1.63. The summed E-state index contributed by atoms with van der Waals surface area (Å²) in [7, 11) is 0. The molecule has 0 aromatic rings. The van der Waals surface area contributed by atoms with E-state index in [9.17, 15) is 9.59 Å². The van der Waals surface area contributed by atoms with Crippen molar-refractivity contribution in [2.75, 3.05) is 0 Å². The molecule has 0 saturated carbocycles. The number of nitrogens with one attached hydrogen (secondary N) is 2. The van der Waals surface area contributed by atoms with E-state index in [4.69, 9.17) is 0 Å². The third kappa shape index (κ3) is 4.50. The Labute approximate surface area is 79.1 Å². The van der Waals surface area contributed by atoms with Gasteiger partial charge in [-0.2, -0.15) is 0 Å². The molecule has 1 atom stereocenters. The molecule has 0 heterocycles. The van der Waals surface area contributed by atoms with Crippen LogP contribution in [0.25, 0.3) is 0 Å². The van der Waals surface area contributed by atoms with Crippen molar-refractivity contribution in [1.82, 2.24) is 10.6 Å². The van der Waals surface area contributed by atoms with Gasteiger partial charge in [-0.15, -0.1) is 0 Å². The van der Waals surface area contributed by atoms with E-state index in [0.29, 0.717) is 6.41 Å². The summed E-state index contributed by atoms with van der Waals surface area (Å²) in [6.07, 6.45) is 0.560. The Morgan fingerprint density at radius 1 is 1.23 bits per heavy atom. The SMILES string of the molecule is CC(C)NC(=O)[C@@H](NC=O)C(C)C. The van der Waals surface area contributed by atoms with Crippen LogP contribution in [0.15, 0.2) is 0 Å². The number of rotatable bonds is 5. The van der Waals surface area contributed by atoms with Gasteiger partial charge in [0.05, 0.1) is 0 Å². The fourth-order valence-corrected chi connectivity index (χ4v) is 1.02. The smallest absolute Gasteiger partial charge is 0.243 e. The Morgan fingerprint density at radius 2 is 1.77 bits per heavy atom. The van der Waals surface area contributed by atoms with Crippen molar-refractivity contribution in [2.45, 2.75) is 39.8 Å². The zero-order valence-corrected chi connectivity index (χ0v) is 8.63. The van der Waals surface area contributed by atoms with E-state index in [0.717, 1.165) is 0 Å². The molecule has 0 rings (SSSR count). The lowest BCUT2D eigenvalue weighted by Crippen LogP contribution is -2.48. The first kappa shape index (κ1) is 11.9. The largest absolute Gasteiger partial charge is 0.352 e. The molecule has 0 aliphatic rings. The van der Waals surface area contributed by atoms with E-state index in [-0.39, 0.29) is 17.9 Å². The van der Waals surface area contributed by atoms with Crippen LogP contribution in [0.1, 0.15) is 27.7 Å². The molecule has 0 saturated heterocycles. The van der Waals surface area contributed by atoms with Gasteiger partial charge in [0.1, 0.15) is 6.04 Å². The molecule has 4 heteroatoms. The minimum absolute atomic E-state index is 0.0993. The standard InChI is InChI=1S/C9H18N2O2/c1-6(2)8(10-5-12)9(13)11-7(3)4/h5-8H,1-4H3,(H,10,12)(H,11,13)/t8-/m0/s1. The molecule has 13 heavy (non-hydrogen) atoms. The van der Waals surface area contributed by atoms with Crippen LogP contribution in [0.4, 0.5) is 0 Å². The Bertz CT molecular complexity index is 178. The van der Waals surface area contributed by atoms with Gasteiger partial charge in [-0.25, -0.2) is 0 Å². The summed E-state index contributed by atoms with van der Waals surface area (Å²) >= 11 is 0. The van der Waals surface area contributed by atoms with E-state index in [2.05, 4.69) is 10.6 Å². The van der Waals surface area contributed by atoms with E-state index >= 15 is 0 Å². The summed E-state index contributed by atoms with van der Waals surface area (Å²) in [6, 6.07) is -0.331.